The normalized spacial score (nSPS) is 27.7. The van der Waals surface area contributed by atoms with Gasteiger partial charge in [-0.05, 0) is 12.1 Å². The van der Waals surface area contributed by atoms with E-state index in [-0.39, 0.29) is 5.91 Å². The van der Waals surface area contributed by atoms with E-state index < -0.39 is 30.0 Å². The largest absolute Gasteiger partial charge is 0.493 e. The molecule has 1 aromatic carbocycles. The van der Waals surface area contributed by atoms with Gasteiger partial charge in [0.15, 0.2) is 11.5 Å². The van der Waals surface area contributed by atoms with E-state index in [1.807, 2.05) is 0 Å². The number of hydrogen-bond donors (Lipinski definition) is 2. The number of carboxylic acid groups (broad SMARTS) is 1. The zero-order chi connectivity index (χ0) is 16.6. The van der Waals surface area contributed by atoms with E-state index in [1.165, 1.54) is 14.2 Å². The van der Waals surface area contributed by atoms with Crippen LogP contribution in [0.1, 0.15) is 0 Å². The van der Waals surface area contributed by atoms with Crippen molar-refractivity contribution in [2.75, 3.05) is 19.5 Å². The van der Waals surface area contributed by atoms with Crippen LogP contribution in [-0.4, -0.2) is 43.4 Å². The van der Waals surface area contributed by atoms with Gasteiger partial charge in [0.2, 0.25) is 5.91 Å². The van der Waals surface area contributed by atoms with Gasteiger partial charge in [0.05, 0.1) is 32.3 Å². The number of amides is 1. The van der Waals surface area contributed by atoms with Crippen LogP contribution in [-0.2, 0) is 14.3 Å². The molecule has 2 heterocycles. The molecule has 0 radical (unpaired) electrons. The highest BCUT2D eigenvalue weighted by atomic mass is 16.5. The third-order valence-electron chi connectivity index (χ3n) is 4.14. The molecule has 1 amide bonds. The SMILES string of the molecule is COc1ccc(NC(=O)[C@@H]2[C@@H](C(=O)O)[C@H]3C=C[C@@H]2O3)cc1OC. The summed E-state index contributed by atoms with van der Waals surface area (Å²) in [6.45, 7) is 0. The predicted octanol–water partition coefficient (Wildman–Crippen LogP) is 1.30. The first kappa shape index (κ1) is 15.4. The molecule has 7 nitrogen and oxygen atoms in total. The molecule has 2 aliphatic rings. The summed E-state index contributed by atoms with van der Waals surface area (Å²) in [6.07, 6.45) is 2.40. The highest BCUT2D eigenvalue weighted by Gasteiger charge is 2.53. The molecule has 23 heavy (non-hydrogen) atoms. The Morgan fingerprint density at radius 3 is 2.35 bits per heavy atom. The third-order valence-corrected chi connectivity index (χ3v) is 4.14. The zero-order valence-corrected chi connectivity index (χ0v) is 12.7. The fourth-order valence-corrected chi connectivity index (χ4v) is 3.05. The van der Waals surface area contributed by atoms with Crippen molar-refractivity contribution in [1.29, 1.82) is 0 Å². The van der Waals surface area contributed by atoms with Crippen LogP contribution in [0, 0.1) is 11.8 Å². The van der Waals surface area contributed by atoms with E-state index in [0.29, 0.717) is 17.2 Å². The van der Waals surface area contributed by atoms with Crippen LogP contribution >= 0.6 is 0 Å². The van der Waals surface area contributed by atoms with E-state index in [1.54, 1.807) is 30.4 Å². The monoisotopic (exact) mass is 319 g/mol. The molecular formula is C16H17NO6. The number of anilines is 1. The summed E-state index contributed by atoms with van der Waals surface area (Å²) in [5.74, 6) is -2.03. The number of carbonyl (C=O) groups excluding carboxylic acids is 1. The minimum Gasteiger partial charge on any atom is -0.493 e. The molecule has 2 N–H and O–H groups in total. The van der Waals surface area contributed by atoms with E-state index in [4.69, 9.17) is 14.2 Å². The maximum atomic E-state index is 12.5. The average Bonchev–Trinajstić information content (AvgIpc) is 3.15. The molecule has 1 saturated heterocycles. The average molecular weight is 319 g/mol. The number of aliphatic carboxylic acids is 1. The Labute approximate surface area is 132 Å². The van der Waals surface area contributed by atoms with Gasteiger partial charge in [-0.3, -0.25) is 9.59 Å². The van der Waals surface area contributed by atoms with Crippen molar-refractivity contribution in [3.63, 3.8) is 0 Å². The molecule has 1 aromatic rings. The van der Waals surface area contributed by atoms with Crippen LogP contribution in [0.2, 0.25) is 0 Å². The Balaban J connectivity index is 1.79. The van der Waals surface area contributed by atoms with Gasteiger partial charge in [-0.15, -0.1) is 0 Å². The van der Waals surface area contributed by atoms with Crippen molar-refractivity contribution in [2.24, 2.45) is 11.8 Å². The molecule has 3 rings (SSSR count). The fraction of sp³-hybridized carbons (Fsp3) is 0.375. The number of ether oxygens (including phenoxy) is 3. The second kappa shape index (κ2) is 5.92. The summed E-state index contributed by atoms with van der Waals surface area (Å²) in [7, 11) is 3.02. The standard InChI is InChI=1S/C16H17NO6/c1-21-9-4-3-8(7-12(9)22-2)17-15(18)13-10-5-6-11(23-10)14(13)16(19)20/h3-7,10-11,13-14H,1-2H3,(H,17,18)(H,19,20)/t10-,11+,13-,14-/m0/s1. The number of benzene rings is 1. The van der Waals surface area contributed by atoms with Crippen LogP contribution in [0.5, 0.6) is 11.5 Å². The first-order chi connectivity index (χ1) is 11.0. The summed E-state index contributed by atoms with van der Waals surface area (Å²) >= 11 is 0. The van der Waals surface area contributed by atoms with Gasteiger partial charge in [0.25, 0.3) is 0 Å². The Morgan fingerprint density at radius 2 is 1.74 bits per heavy atom. The minimum atomic E-state index is -1.03. The van der Waals surface area contributed by atoms with Crippen molar-refractivity contribution < 1.29 is 28.9 Å². The summed E-state index contributed by atoms with van der Waals surface area (Å²) < 4.78 is 15.8. The van der Waals surface area contributed by atoms with E-state index in [2.05, 4.69) is 5.32 Å². The van der Waals surface area contributed by atoms with Crippen molar-refractivity contribution in [2.45, 2.75) is 12.2 Å². The number of rotatable bonds is 5. The molecule has 122 valence electrons. The summed E-state index contributed by atoms with van der Waals surface area (Å²) in [5, 5.41) is 12.1. The second-order valence-electron chi connectivity index (χ2n) is 5.40. The maximum Gasteiger partial charge on any atom is 0.310 e. The predicted molar refractivity (Wildman–Crippen MR) is 80.6 cm³/mol. The van der Waals surface area contributed by atoms with Crippen LogP contribution in [0.25, 0.3) is 0 Å². The summed E-state index contributed by atoms with van der Waals surface area (Å²) in [4.78, 5) is 23.9. The van der Waals surface area contributed by atoms with Gasteiger partial charge < -0.3 is 24.6 Å². The molecule has 7 heteroatoms. The van der Waals surface area contributed by atoms with Gasteiger partial charge in [-0.1, -0.05) is 12.2 Å². The number of nitrogens with one attached hydrogen (secondary N) is 1. The first-order valence-corrected chi connectivity index (χ1v) is 7.14. The van der Waals surface area contributed by atoms with Crippen molar-refractivity contribution in [3.05, 3.63) is 30.4 Å². The highest BCUT2D eigenvalue weighted by molar-refractivity contribution is 5.96. The molecule has 1 fully saturated rings. The first-order valence-electron chi connectivity index (χ1n) is 7.14. The Kier molecular flexibility index (Phi) is 3.96. The number of fused-ring (bicyclic) bond motifs is 2. The Hall–Kier alpha value is -2.54. The number of carboxylic acids is 1. The highest BCUT2D eigenvalue weighted by Crippen LogP contribution is 2.40. The lowest BCUT2D eigenvalue weighted by atomic mass is 9.82. The number of carbonyl (C=O) groups is 2. The van der Waals surface area contributed by atoms with Crippen LogP contribution in [0.15, 0.2) is 30.4 Å². The van der Waals surface area contributed by atoms with Crippen LogP contribution in [0.4, 0.5) is 5.69 Å². The van der Waals surface area contributed by atoms with Gasteiger partial charge >= 0.3 is 5.97 Å². The Bertz CT molecular complexity index is 671. The molecular weight excluding hydrogens is 302 g/mol. The van der Waals surface area contributed by atoms with Gasteiger partial charge in [-0.2, -0.15) is 0 Å². The Morgan fingerprint density at radius 1 is 1.09 bits per heavy atom. The van der Waals surface area contributed by atoms with Gasteiger partial charge in [-0.25, -0.2) is 0 Å². The van der Waals surface area contributed by atoms with Crippen LogP contribution in [0.3, 0.4) is 0 Å². The second-order valence-corrected chi connectivity index (χ2v) is 5.40. The molecule has 0 spiro atoms. The molecule has 4 atom stereocenters. The van der Waals surface area contributed by atoms with E-state index in [9.17, 15) is 14.7 Å². The molecule has 0 aromatic heterocycles. The maximum absolute atomic E-state index is 12.5. The quantitative estimate of drug-likeness (QED) is 0.795. The third kappa shape index (κ3) is 2.63. The molecule has 2 aliphatic heterocycles. The lowest BCUT2D eigenvalue weighted by Gasteiger charge is -2.21. The number of methoxy groups -OCH3 is 2. The zero-order valence-electron chi connectivity index (χ0n) is 12.7. The van der Waals surface area contributed by atoms with Crippen molar-refractivity contribution >= 4 is 17.6 Å². The molecule has 0 saturated carbocycles. The molecule has 0 aliphatic carbocycles. The van der Waals surface area contributed by atoms with Crippen LogP contribution < -0.4 is 14.8 Å². The molecule has 2 bridgehead atoms. The smallest absolute Gasteiger partial charge is 0.310 e. The van der Waals surface area contributed by atoms with Crippen molar-refractivity contribution in [1.82, 2.24) is 0 Å². The van der Waals surface area contributed by atoms with Gasteiger partial charge in [0, 0.05) is 11.8 Å². The molecule has 0 unspecified atom stereocenters. The summed E-state index contributed by atoms with van der Waals surface area (Å²) in [6, 6.07) is 4.95. The lowest BCUT2D eigenvalue weighted by molar-refractivity contribution is -0.145. The van der Waals surface area contributed by atoms with E-state index >= 15 is 0 Å². The van der Waals surface area contributed by atoms with E-state index in [0.717, 1.165) is 0 Å². The topological polar surface area (TPSA) is 94.1 Å². The summed E-state index contributed by atoms with van der Waals surface area (Å²) in [5.41, 5.74) is 0.503. The minimum absolute atomic E-state index is 0.388. The fourth-order valence-electron chi connectivity index (χ4n) is 3.05. The van der Waals surface area contributed by atoms with Crippen molar-refractivity contribution in [3.8, 4) is 11.5 Å². The van der Waals surface area contributed by atoms with Gasteiger partial charge in [0.1, 0.15) is 5.92 Å². The lowest BCUT2D eigenvalue weighted by Crippen LogP contribution is -2.39. The number of hydrogen-bond acceptors (Lipinski definition) is 5.